The van der Waals surface area contributed by atoms with Gasteiger partial charge in [-0.3, -0.25) is 0 Å². The number of hydrogen-bond acceptors (Lipinski definition) is 0. The summed E-state index contributed by atoms with van der Waals surface area (Å²) < 4.78 is 0. The Bertz CT molecular complexity index is 2660. The Balaban J connectivity index is 1.13. The average Bonchev–Trinajstić information content (AvgIpc) is 3.46. The molecule has 0 heteroatoms. The Morgan fingerprint density at radius 2 is 0.739 bits per heavy atom. The Kier molecular flexibility index (Phi) is 5.38. The molecule has 10 rings (SSSR count). The maximum atomic E-state index is 2.40. The second-order valence-electron chi connectivity index (χ2n) is 12.4. The third kappa shape index (κ3) is 3.68. The summed E-state index contributed by atoms with van der Waals surface area (Å²) in [6, 6.07) is 62.8. The van der Waals surface area contributed by atoms with Gasteiger partial charge in [-0.2, -0.15) is 0 Å². The number of rotatable bonds is 3. The van der Waals surface area contributed by atoms with Gasteiger partial charge in [0.1, 0.15) is 0 Å². The molecule has 0 aliphatic heterocycles. The lowest BCUT2D eigenvalue weighted by molar-refractivity contribution is 1.60. The van der Waals surface area contributed by atoms with Crippen LogP contribution in [0.4, 0.5) is 0 Å². The lowest BCUT2D eigenvalue weighted by atomic mass is 9.89. The van der Waals surface area contributed by atoms with Crippen LogP contribution in [0.5, 0.6) is 0 Å². The predicted molar refractivity (Wildman–Crippen MR) is 197 cm³/mol. The zero-order chi connectivity index (χ0) is 30.2. The molecule has 0 nitrogen and oxygen atoms in total. The van der Waals surface area contributed by atoms with Gasteiger partial charge in [-0.15, -0.1) is 0 Å². The molecule has 1 aliphatic rings. The minimum atomic E-state index is 1.22. The van der Waals surface area contributed by atoms with Crippen molar-refractivity contribution in [1.82, 2.24) is 0 Å². The fourth-order valence-corrected chi connectivity index (χ4v) is 7.89. The quantitative estimate of drug-likeness (QED) is 0.182. The molecular formula is C46H28. The summed E-state index contributed by atoms with van der Waals surface area (Å²) in [4.78, 5) is 0. The van der Waals surface area contributed by atoms with Crippen LogP contribution in [0.2, 0.25) is 0 Å². The van der Waals surface area contributed by atoms with Crippen LogP contribution in [0.15, 0.2) is 170 Å². The lowest BCUT2D eigenvalue weighted by Crippen LogP contribution is -1.88. The molecule has 0 bridgehead atoms. The topological polar surface area (TPSA) is 0 Å². The van der Waals surface area contributed by atoms with Gasteiger partial charge < -0.3 is 0 Å². The van der Waals surface area contributed by atoms with E-state index in [1.807, 2.05) is 0 Å². The Hall–Kier alpha value is -5.98. The van der Waals surface area contributed by atoms with Gasteiger partial charge >= 0.3 is 0 Å². The number of hydrogen-bond donors (Lipinski definition) is 0. The molecule has 0 fully saturated rings. The van der Waals surface area contributed by atoms with E-state index in [-0.39, 0.29) is 0 Å². The highest BCUT2D eigenvalue weighted by Crippen LogP contribution is 2.49. The highest BCUT2D eigenvalue weighted by atomic mass is 14.2. The first-order valence-electron chi connectivity index (χ1n) is 16.0. The Morgan fingerprint density at radius 3 is 1.52 bits per heavy atom. The molecule has 9 aromatic carbocycles. The molecule has 0 N–H and O–H groups in total. The fourth-order valence-electron chi connectivity index (χ4n) is 7.89. The second-order valence-corrected chi connectivity index (χ2v) is 12.4. The van der Waals surface area contributed by atoms with E-state index in [0.29, 0.717) is 0 Å². The summed E-state index contributed by atoms with van der Waals surface area (Å²) in [6.45, 7) is 0. The third-order valence-electron chi connectivity index (χ3n) is 10.00. The molecule has 0 spiro atoms. The minimum Gasteiger partial charge on any atom is -0.0616 e. The van der Waals surface area contributed by atoms with Gasteiger partial charge in [0.25, 0.3) is 0 Å². The van der Waals surface area contributed by atoms with Crippen LogP contribution in [0.25, 0.3) is 98.7 Å². The van der Waals surface area contributed by atoms with Gasteiger partial charge in [0.05, 0.1) is 0 Å². The first kappa shape index (κ1) is 25.4. The molecule has 9 aromatic rings. The van der Waals surface area contributed by atoms with Crippen molar-refractivity contribution in [3.63, 3.8) is 0 Å². The Labute approximate surface area is 267 Å². The van der Waals surface area contributed by atoms with E-state index < -0.39 is 0 Å². The normalized spacial score (nSPS) is 11.9. The molecule has 0 amide bonds. The van der Waals surface area contributed by atoms with Crippen molar-refractivity contribution >= 4 is 43.1 Å². The van der Waals surface area contributed by atoms with E-state index in [1.54, 1.807) is 0 Å². The molecule has 46 heavy (non-hydrogen) atoms. The zero-order valence-corrected chi connectivity index (χ0v) is 25.2. The molecule has 0 radical (unpaired) electrons. The summed E-state index contributed by atoms with van der Waals surface area (Å²) in [5.41, 5.74) is 12.8. The van der Waals surface area contributed by atoms with Crippen LogP contribution < -0.4 is 0 Å². The smallest absolute Gasteiger partial charge is 0.00201 e. The van der Waals surface area contributed by atoms with Gasteiger partial charge in [0, 0.05) is 0 Å². The SMILES string of the molecule is c1cc(-c2cccc(-c3cc4c5ccccc5ccc4c4ccccc34)c2)cc(-c2ccc3c4c(cccc24)-c2ccccc2-3)c1. The van der Waals surface area contributed by atoms with Crippen molar-refractivity contribution in [3.8, 4) is 55.6 Å². The van der Waals surface area contributed by atoms with E-state index in [2.05, 4.69) is 170 Å². The molecule has 1 aliphatic carbocycles. The Morgan fingerprint density at radius 1 is 0.217 bits per heavy atom. The maximum Gasteiger partial charge on any atom is -0.00201 e. The molecule has 212 valence electrons. The molecule has 0 aromatic heterocycles. The highest BCUT2D eigenvalue weighted by Gasteiger charge is 2.22. The van der Waals surface area contributed by atoms with Crippen LogP contribution in [-0.4, -0.2) is 0 Å². The first-order chi connectivity index (χ1) is 22.8. The van der Waals surface area contributed by atoms with Crippen LogP contribution in [-0.2, 0) is 0 Å². The summed E-state index contributed by atoms with van der Waals surface area (Å²) in [5, 5.41) is 10.4. The van der Waals surface area contributed by atoms with Crippen molar-refractivity contribution in [2.75, 3.05) is 0 Å². The standard InChI is InChI=1S/C46H28/c1-2-15-34-29(10-1)22-23-40-36-16-3-6-19-39(36)44(28-45(34)40)33-14-8-12-31(27-33)30-11-7-13-32(26-30)35-24-25-43-38-18-5-4-17-37(38)42-21-9-20-41(35)46(42)43/h1-28H. The van der Waals surface area contributed by atoms with Gasteiger partial charge in [0.15, 0.2) is 0 Å². The number of benzene rings is 9. The second kappa shape index (κ2) is 9.76. The predicted octanol–water partition coefficient (Wildman–Crippen LogP) is 12.9. The van der Waals surface area contributed by atoms with Gasteiger partial charge in [0.2, 0.25) is 0 Å². The average molecular weight is 581 g/mol. The van der Waals surface area contributed by atoms with Crippen molar-refractivity contribution in [2.45, 2.75) is 0 Å². The van der Waals surface area contributed by atoms with E-state index in [1.165, 1.54) is 98.7 Å². The summed E-state index contributed by atoms with van der Waals surface area (Å²) in [6.07, 6.45) is 0. The third-order valence-corrected chi connectivity index (χ3v) is 10.00. The van der Waals surface area contributed by atoms with Crippen molar-refractivity contribution in [2.24, 2.45) is 0 Å². The monoisotopic (exact) mass is 580 g/mol. The largest absolute Gasteiger partial charge is 0.0616 e. The summed E-state index contributed by atoms with van der Waals surface area (Å²) >= 11 is 0. The molecule has 0 heterocycles. The van der Waals surface area contributed by atoms with E-state index in [9.17, 15) is 0 Å². The highest BCUT2D eigenvalue weighted by molar-refractivity contribution is 6.21. The summed E-state index contributed by atoms with van der Waals surface area (Å²) in [5.74, 6) is 0. The maximum absolute atomic E-state index is 2.40. The molecule has 0 unspecified atom stereocenters. The van der Waals surface area contributed by atoms with Gasteiger partial charge in [-0.25, -0.2) is 0 Å². The molecule has 0 atom stereocenters. The number of fused-ring (bicyclic) bond motifs is 8. The molecule has 0 saturated carbocycles. The fraction of sp³-hybridized carbons (Fsp3) is 0. The van der Waals surface area contributed by atoms with Gasteiger partial charge in [-0.05, 0) is 117 Å². The van der Waals surface area contributed by atoms with E-state index in [0.717, 1.165) is 0 Å². The van der Waals surface area contributed by atoms with Crippen molar-refractivity contribution < 1.29 is 0 Å². The van der Waals surface area contributed by atoms with Crippen LogP contribution in [0, 0.1) is 0 Å². The van der Waals surface area contributed by atoms with Crippen LogP contribution >= 0.6 is 0 Å². The van der Waals surface area contributed by atoms with Gasteiger partial charge in [-0.1, -0.05) is 152 Å². The van der Waals surface area contributed by atoms with Crippen LogP contribution in [0.1, 0.15) is 0 Å². The van der Waals surface area contributed by atoms with Crippen LogP contribution in [0.3, 0.4) is 0 Å². The zero-order valence-electron chi connectivity index (χ0n) is 25.2. The minimum absolute atomic E-state index is 1.22. The lowest BCUT2D eigenvalue weighted by Gasteiger charge is -2.14. The molecule has 0 saturated heterocycles. The van der Waals surface area contributed by atoms with Crippen molar-refractivity contribution in [1.29, 1.82) is 0 Å². The van der Waals surface area contributed by atoms with Crippen molar-refractivity contribution in [3.05, 3.63) is 170 Å². The molecular weight excluding hydrogens is 553 g/mol. The van der Waals surface area contributed by atoms with E-state index in [4.69, 9.17) is 0 Å². The first-order valence-corrected chi connectivity index (χ1v) is 16.0. The summed E-state index contributed by atoms with van der Waals surface area (Å²) in [7, 11) is 0. The van der Waals surface area contributed by atoms with E-state index >= 15 is 0 Å².